The molecule has 2 atom stereocenters. The molecular formula is C13H19ClFNO. The van der Waals surface area contributed by atoms with Crippen molar-refractivity contribution in [1.29, 1.82) is 0 Å². The molecule has 0 amide bonds. The highest BCUT2D eigenvalue weighted by Gasteiger charge is 2.29. The fourth-order valence-electron chi connectivity index (χ4n) is 1.93. The van der Waals surface area contributed by atoms with Crippen LogP contribution in [0.25, 0.3) is 0 Å². The third-order valence-corrected chi connectivity index (χ3v) is 2.97. The highest BCUT2D eigenvalue weighted by molar-refractivity contribution is 5.85. The van der Waals surface area contributed by atoms with Gasteiger partial charge in [0.1, 0.15) is 11.5 Å². The summed E-state index contributed by atoms with van der Waals surface area (Å²) in [6.45, 7) is 5.95. The minimum atomic E-state index is -0.315. The number of hydrogen-bond acceptors (Lipinski definition) is 2. The first-order valence-corrected chi connectivity index (χ1v) is 5.71. The molecular weight excluding hydrogens is 241 g/mol. The molecule has 0 aromatic heterocycles. The number of benzene rings is 1. The number of hydrogen-bond donors (Lipinski definition) is 1. The van der Waals surface area contributed by atoms with Crippen LogP contribution in [0.3, 0.4) is 0 Å². The molecule has 1 saturated heterocycles. The third kappa shape index (κ3) is 3.95. The molecule has 1 fully saturated rings. The average molecular weight is 260 g/mol. The molecule has 1 aliphatic heterocycles. The molecule has 1 N–H and O–H groups in total. The van der Waals surface area contributed by atoms with Crippen molar-refractivity contribution in [2.45, 2.75) is 26.0 Å². The topological polar surface area (TPSA) is 21.3 Å². The van der Waals surface area contributed by atoms with Gasteiger partial charge in [0.25, 0.3) is 0 Å². The second-order valence-corrected chi connectivity index (χ2v) is 4.83. The first kappa shape index (κ1) is 14.4. The van der Waals surface area contributed by atoms with Crippen LogP contribution < -0.4 is 5.32 Å². The minimum absolute atomic E-state index is 0. The summed E-state index contributed by atoms with van der Waals surface area (Å²) < 4.78 is 18.6. The van der Waals surface area contributed by atoms with Gasteiger partial charge < -0.3 is 4.74 Å². The smallest absolute Gasteiger partial charge is 0.123 e. The highest BCUT2D eigenvalue weighted by atomic mass is 35.5. The molecule has 2 nitrogen and oxygen atoms in total. The maximum atomic E-state index is 12.8. The van der Waals surface area contributed by atoms with Crippen molar-refractivity contribution in [3.63, 3.8) is 0 Å². The van der Waals surface area contributed by atoms with Crippen LogP contribution in [0, 0.1) is 11.7 Å². The molecule has 0 saturated carbocycles. The highest BCUT2D eigenvalue weighted by Crippen LogP contribution is 2.20. The van der Waals surface area contributed by atoms with Crippen LogP contribution in [0.1, 0.15) is 19.4 Å². The lowest BCUT2D eigenvalue weighted by molar-refractivity contribution is -0.0997. The Hall–Kier alpha value is -0.640. The van der Waals surface area contributed by atoms with E-state index in [1.807, 2.05) is 19.1 Å². The number of nitrogens with one attached hydrogen (secondary N) is 1. The van der Waals surface area contributed by atoms with Gasteiger partial charge in [0, 0.05) is 13.0 Å². The van der Waals surface area contributed by atoms with Crippen molar-refractivity contribution in [1.82, 2.24) is 5.32 Å². The summed E-state index contributed by atoms with van der Waals surface area (Å²) in [6.07, 6.45) is 0.764. The Balaban J connectivity index is 0.00000144. The summed E-state index contributed by atoms with van der Waals surface area (Å²) >= 11 is 0. The third-order valence-electron chi connectivity index (χ3n) is 2.97. The van der Waals surface area contributed by atoms with E-state index in [1.54, 1.807) is 0 Å². The minimum Gasteiger partial charge on any atom is -0.360 e. The van der Waals surface area contributed by atoms with Crippen molar-refractivity contribution in [2.75, 3.05) is 13.2 Å². The van der Waals surface area contributed by atoms with Crippen LogP contribution >= 0.6 is 12.4 Å². The molecule has 17 heavy (non-hydrogen) atoms. The van der Waals surface area contributed by atoms with Gasteiger partial charge >= 0.3 is 0 Å². The second-order valence-electron chi connectivity index (χ2n) is 4.83. The maximum absolute atomic E-state index is 12.8. The van der Waals surface area contributed by atoms with Gasteiger partial charge in [-0.1, -0.05) is 19.1 Å². The molecule has 1 aromatic rings. The standard InChI is InChI=1S/C13H18FNO.ClH/c1-10-8-15-13(2,16-9-10)7-11-3-5-12(14)6-4-11;/h3-6,10,15H,7-9H2,1-2H3;1H. The van der Waals surface area contributed by atoms with E-state index in [2.05, 4.69) is 12.2 Å². The van der Waals surface area contributed by atoms with E-state index in [0.29, 0.717) is 5.92 Å². The predicted octanol–water partition coefficient (Wildman–Crippen LogP) is 2.76. The molecule has 96 valence electrons. The normalized spacial score (nSPS) is 28.5. The van der Waals surface area contributed by atoms with Crippen molar-refractivity contribution in [3.05, 3.63) is 35.6 Å². The first-order chi connectivity index (χ1) is 7.57. The second kappa shape index (κ2) is 5.80. The van der Waals surface area contributed by atoms with E-state index in [-0.39, 0.29) is 23.9 Å². The Bertz CT molecular complexity index is 347. The van der Waals surface area contributed by atoms with Crippen LogP contribution in [0.5, 0.6) is 0 Å². The Morgan fingerprint density at radius 2 is 2.06 bits per heavy atom. The molecule has 0 aliphatic carbocycles. The Kier molecular flexibility index (Phi) is 4.92. The van der Waals surface area contributed by atoms with Gasteiger partial charge in [0.15, 0.2) is 0 Å². The lowest BCUT2D eigenvalue weighted by atomic mass is 10.0. The molecule has 1 heterocycles. The predicted molar refractivity (Wildman–Crippen MR) is 68.9 cm³/mol. The van der Waals surface area contributed by atoms with Crippen LogP contribution in [0.15, 0.2) is 24.3 Å². The van der Waals surface area contributed by atoms with Gasteiger partial charge in [-0.05, 0) is 30.5 Å². The number of halogens is 2. The van der Waals surface area contributed by atoms with E-state index in [1.165, 1.54) is 12.1 Å². The van der Waals surface area contributed by atoms with Crippen molar-refractivity contribution >= 4 is 12.4 Å². The largest absolute Gasteiger partial charge is 0.360 e. The molecule has 0 radical (unpaired) electrons. The van der Waals surface area contributed by atoms with E-state index < -0.39 is 0 Å². The van der Waals surface area contributed by atoms with Crippen LogP contribution in [0.4, 0.5) is 4.39 Å². The van der Waals surface area contributed by atoms with Gasteiger partial charge in [-0.15, -0.1) is 12.4 Å². The molecule has 0 spiro atoms. The Labute approximate surface area is 108 Å². The maximum Gasteiger partial charge on any atom is 0.123 e. The first-order valence-electron chi connectivity index (χ1n) is 5.71. The monoisotopic (exact) mass is 259 g/mol. The van der Waals surface area contributed by atoms with Crippen LogP contribution in [-0.2, 0) is 11.2 Å². The molecule has 1 aromatic carbocycles. The van der Waals surface area contributed by atoms with Gasteiger partial charge in [0.05, 0.1) is 6.61 Å². The summed E-state index contributed by atoms with van der Waals surface area (Å²) in [5.41, 5.74) is 0.774. The van der Waals surface area contributed by atoms with E-state index in [9.17, 15) is 4.39 Å². The summed E-state index contributed by atoms with van der Waals surface area (Å²) in [4.78, 5) is 0. The molecule has 2 unspecified atom stereocenters. The zero-order valence-electron chi connectivity index (χ0n) is 10.2. The van der Waals surface area contributed by atoms with Crippen LogP contribution in [0.2, 0.25) is 0 Å². The van der Waals surface area contributed by atoms with Crippen molar-refractivity contribution in [3.8, 4) is 0 Å². The van der Waals surface area contributed by atoms with Gasteiger partial charge in [-0.25, -0.2) is 4.39 Å². The van der Waals surface area contributed by atoms with Gasteiger partial charge in [-0.3, -0.25) is 5.32 Å². The Morgan fingerprint density at radius 3 is 2.59 bits per heavy atom. The van der Waals surface area contributed by atoms with Crippen molar-refractivity contribution < 1.29 is 9.13 Å². The summed E-state index contributed by atoms with van der Waals surface area (Å²) in [6, 6.07) is 6.60. The number of ether oxygens (including phenoxy) is 1. The summed E-state index contributed by atoms with van der Waals surface area (Å²) in [5, 5.41) is 3.39. The zero-order chi connectivity index (χ0) is 11.6. The summed E-state index contributed by atoms with van der Waals surface area (Å²) in [5.74, 6) is 0.362. The van der Waals surface area contributed by atoms with E-state index >= 15 is 0 Å². The lowest BCUT2D eigenvalue weighted by Crippen LogP contribution is -2.53. The van der Waals surface area contributed by atoms with E-state index in [0.717, 1.165) is 25.1 Å². The Morgan fingerprint density at radius 1 is 1.41 bits per heavy atom. The average Bonchev–Trinajstić information content (AvgIpc) is 2.27. The molecule has 1 aliphatic rings. The molecule has 2 rings (SSSR count). The SMILES string of the molecule is CC1CNC(C)(Cc2ccc(F)cc2)OC1.Cl. The van der Waals surface area contributed by atoms with Gasteiger partial charge in [-0.2, -0.15) is 0 Å². The fraction of sp³-hybridized carbons (Fsp3) is 0.538. The molecule has 0 bridgehead atoms. The lowest BCUT2D eigenvalue weighted by Gasteiger charge is -2.38. The van der Waals surface area contributed by atoms with E-state index in [4.69, 9.17) is 4.74 Å². The quantitative estimate of drug-likeness (QED) is 0.882. The van der Waals surface area contributed by atoms with Crippen molar-refractivity contribution in [2.24, 2.45) is 5.92 Å². The summed E-state index contributed by atoms with van der Waals surface area (Å²) in [7, 11) is 0. The van der Waals surface area contributed by atoms with Crippen LogP contribution in [-0.4, -0.2) is 18.9 Å². The number of rotatable bonds is 2. The van der Waals surface area contributed by atoms with Gasteiger partial charge in [0.2, 0.25) is 0 Å². The fourth-order valence-corrected chi connectivity index (χ4v) is 1.93. The molecule has 4 heteroatoms. The zero-order valence-corrected chi connectivity index (χ0v) is 11.0.